The summed E-state index contributed by atoms with van der Waals surface area (Å²) in [5, 5.41) is 3.56. The maximum Gasteiger partial charge on any atom is 0.262 e. The number of benzene rings is 2. The molecule has 0 unspecified atom stereocenters. The Morgan fingerprint density at radius 1 is 1.11 bits per heavy atom. The van der Waals surface area contributed by atoms with Crippen LogP contribution < -0.4 is 15.0 Å². The number of amides is 1. The van der Waals surface area contributed by atoms with Crippen molar-refractivity contribution < 1.29 is 9.53 Å². The first-order valence-electron chi connectivity index (χ1n) is 9.15. The second kappa shape index (κ2) is 8.63. The van der Waals surface area contributed by atoms with Crippen molar-refractivity contribution in [1.82, 2.24) is 4.90 Å². The zero-order valence-corrected chi connectivity index (χ0v) is 16.8. The minimum atomic E-state index is -0.200. The van der Waals surface area contributed by atoms with Crippen molar-refractivity contribution in [3.63, 3.8) is 0 Å². The van der Waals surface area contributed by atoms with Crippen LogP contribution in [0.25, 0.3) is 0 Å². The number of likely N-dealkylation sites (N-methyl/N-ethyl adjacent to an activating group) is 1. The van der Waals surface area contributed by atoms with Gasteiger partial charge in [-0.05, 0) is 56.3 Å². The Labute approximate surface area is 165 Å². The maximum absolute atomic E-state index is 12.5. The Morgan fingerprint density at radius 2 is 1.85 bits per heavy atom. The molecule has 0 aliphatic carbocycles. The standard InChI is InChI=1S/C21H26ClN3O2/c1-15-4-5-16(2)20(12-15)27-14-21(26)23-18-13-17(22)6-7-19(18)25-10-8-24(3)9-11-25/h4-7,12-13H,8-11,14H2,1-3H3,(H,23,26). The molecule has 0 atom stereocenters. The van der Waals surface area contributed by atoms with Crippen LogP contribution in [0.1, 0.15) is 11.1 Å². The summed E-state index contributed by atoms with van der Waals surface area (Å²) < 4.78 is 5.72. The number of nitrogens with one attached hydrogen (secondary N) is 1. The molecule has 0 saturated carbocycles. The van der Waals surface area contributed by atoms with Gasteiger partial charge in [0.1, 0.15) is 5.75 Å². The van der Waals surface area contributed by atoms with E-state index in [0.29, 0.717) is 5.02 Å². The lowest BCUT2D eigenvalue weighted by molar-refractivity contribution is -0.118. The topological polar surface area (TPSA) is 44.8 Å². The smallest absolute Gasteiger partial charge is 0.262 e. The van der Waals surface area contributed by atoms with Gasteiger partial charge in [0.2, 0.25) is 0 Å². The Balaban J connectivity index is 1.68. The van der Waals surface area contributed by atoms with Gasteiger partial charge < -0.3 is 19.9 Å². The van der Waals surface area contributed by atoms with Crippen LogP contribution >= 0.6 is 11.6 Å². The zero-order chi connectivity index (χ0) is 19.4. The van der Waals surface area contributed by atoms with Crippen LogP contribution in [0.2, 0.25) is 5.02 Å². The average Bonchev–Trinajstić information content (AvgIpc) is 2.63. The van der Waals surface area contributed by atoms with E-state index in [2.05, 4.69) is 22.2 Å². The molecule has 5 nitrogen and oxygen atoms in total. The lowest BCUT2D eigenvalue weighted by atomic mass is 10.1. The normalized spacial score (nSPS) is 14.9. The summed E-state index contributed by atoms with van der Waals surface area (Å²) in [6, 6.07) is 11.6. The van der Waals surface area contributed by atoms with Crippen LogP contribution in [-0.4, -0.2) is 50.6 Å². The highest BCUT2D eigenvalue weighted by molar-refractivity contribution is 6.31. The number of halogens is 1. The minimum Gasteiger partial charge on any atom is -0.483 e. The van der Waals surface area contributed by atoms with Crippen LogP contribution in [0.4, 0.5) is 11.4 Å². The van der Waals surface area contributed by atoms with Gasteiger partial charge in [-0.25, -0.2) is 0 Å². The van der Waals surface area contributed by atoms with Crippen LogP contribution in [0.5, 0.6) is 5.75 Å². The summed E-state index contributed by atoms with van der Waals surface area (Å²) in [7, 11) is 2.12. The van der Waals surface area contributed by atoms with Gasteiger partial charge in [-0.1, -0.05) is 23.7 Å². The number of ether oxygens (including phenoxy) is 1. The van der Waals surface area contributed by atoms with Gasteiger partial charge in [0.15, 0.2) is 6.61 Å². The van der Waals surface area contributed by atoms with E-state index in [-0.39, 0.29) is 12.5 Å². The Bertz CT molecular complexity index is 817. The van der Waals surface area contributed by atoms with E-state index in [0.717, 1.165) is 54.4 Å². The molecule has 1 aliphatic heterocycles. The Morgan fingerprint density at radius 3 is 2.59 bits per heavy atom. The van der Waals surface area contributed by atoms with E-state index in [9.17, 15) is 4.79 Å². The second-order valence-corrected chi connectivity index (χ2v) is 7.49. The van der Waals surface area contributed by atoms with Gasteiger partial charge in [-0.2, -0.15) is 0 Å². The summed E-state index contributed by atoms with van der Waals surface area (Å²) in [6.45, 7) is 7.74. The van der Waals surface area contributed by atoms with E-state index in [4.69, 9.17) is 16.3 Å². The molecule has 1 heterocycles. The quantitative estimate of drug-likeness (QED) is 0.849. The summed E-state index contributed by atoms with van der Waals surface area (Å²) >= 11 is 6.16. The largest absolute Gasteiger partial charge is 0.483 e. The first-order valence-corrected chi connectivity index (χ1v) is 9.53. The van der Waals surface area contributed by atoms with E-state index in [1.807, 2.05) is 44.2 Å². The SMILES string of the molecule is Cc1ccc(C)c(OCC(=O)Nc2cc(Cl)ccc2N2CCN(C)CC2)c1. The van der Waals surface area contributed by atoms with Crippen molar-refractivity contribution in [2.45, 2.75) is 13.8 Å². The van der Waals surface area contributed by atoms with Crippen molar-refractivity contribution in [1.29, 1.82) is 0 Å². The fourth-order valence-electron chi connectivity index (χ4n) is 3.12. The van der Waals surface area contributed by atoms with Gasteiger partial charge >= 0.3 is 0 Å². The molecule has 1 fully saturated rings. The number of hydrogen-bond acceptors (Lipinski definition) is 4. The van der Waals surface area contributed by atoms with Gasteiger partial charge in [-0.3, -0.25) is 4.79 Å². The molecular weight excluding hydrogens is 362 g/mol. The molecule has 0 aromatic heterocycles. The number of nitrogens with zero attached hydrogens (tertiary/aromatic N) is 2. The van der Waals surface area contributed by atoms with E-state index in [1.165, 1.54) is 0 Å². The highest BCUT2D eigenvalue weighted by Gasteiger charge is 2.18. The highest BCUT2D eigenvalue weighted by atomic mass is 35.5. The molecule has 1 aliphatic rings. The summed E-state index contributed by atoms with van der Waals surface area (Å²) in [6.07, 6.45) is 0. The third kappa shape index (κ3) is 5.15. The van der Waals surface area contributed by atoms with E-state index < -0.39 is 0 Å². The van der Waals surface area contributed by atoms with E-state index >= 15 is 0 Å². The average molecular weight is 388 g/mol. The fraction of sp³-hybridized carbons (Fsp3) is 0.381. The molecule has 1 saturated heterocycles. The van der Waals surface area contributed by atoms with Crippen LogP contribution in [0, 0.1) is 13.8 Å². The van der Waals surface area contributed by atoms with Crippen molar-refractivity contribution in [2.75, 3.05) is 50.1 Å². The predicted octanol–water partition coefficient (Wildman–Crippen LogP) is 3.73. The van der Waals surface area contributed by atoms with Crippen molar-refractivity contribution >= 4 is 28.9 Å². The predicted molar refractivity (Wildman–Crippen MR) is 111 cm³/mol. The summed E-state index contributed by atoms with van der Waals surface area (Å²) in [5.74, 6) is 0.532. The first kappa shape index (κ1) is 19.5. The number of hydrogen-bond donors (Lipinski definition) is 1. The molecule has 6 heteroatoms. The zero-order valence-electron chi connectivity index (χ0n) is 16.1. The summed E-state index contributed by atoms with van der Waals surface area (Å²) in [5.41, 5.74) is 3.83. The van der Waals surface area contributed by atoms with Crippen molar-refractivity contribution in [2.24, 2.45) is 0 Å². The number of carbonyl (C=O) groups excluding carboxylic acids is 1. The van der Waals surface area contributed by atoms with Crippen molar-refractivity contribution in [3.05, 3.63) is 52.5 Å². The Hall–Kier alpha value is -2.24. The molecule has 27 heavy (non-hydrogen) atoms. The lowest BCUT2D eigenvalue weighted by Crippen LogP contribution is -2.44. The molecule has 2 aromatic rings. The molecular formula is C21H26ClN3O2. The molecule has 1 amide bonds. The minimum absolute atomic E-state index is 0.0427. The van der Waals surface area contributed by atoms with Gasteiger partial charge in [0, 0.05) is 31.2 Å². The monoisotopic (exact) mass is 387 g/mol. The number of rotatable bonds is 5. The number of anilines is 2. The molecule has 1 N–H and O–H groups in total. The number of aryl methyl sites for hydroxylation is 2. The van der Waals surface area contributed by atoms with E-state index in [1.54, 1.807) is 6.07 Å². The molecule has 0 bridgehead atoms. The Kier molecular flexibility index (Phi) is 6.24. The first-order chi connectivity index (χ1) is 12.9. The fourth-order valence-corrected chi connectivity index (χ4v) is 3.30. The molecule has 2 aromatic carbocycles. The van der Waals surface area contributed by atoms with Gasteiger partial charge in [0.05, 0.1) is 11.4 Å². The van der Waals surface area contributed by atoms with Crippen molar-refractivity contribution in [3.8, 4) is 5.75 Å². The second-order valence-electron chi connectivity index (χ2n) is 7.06. The molecule has 0 radical (unpaired) electrons. The maximum atomic E-state index is 12.5. The van der Waals surface area contributed by atoms with Gasteiger partial charge in [0.25, 0.3) is 5.91 Å². The third-order valence-corrected chi connectivity index (χ3v) is 5.01. The highest BCUT2D eigenvalue weighted by Crippen LogP contribution is 2.30. The summed E-state index contributed by atoms with van der Waals surface area (Å²) in [4.78, 5) is 17.0. The molecule has 3 rings (SSSR count). The van der Waals surface area contributed by atoms with Crippen LogP contribution in [0.15, 0.2) is 36.4 Å². The third-order valence-electron chi connectivity index (χ3n) is 4.78. The number of piperazine rings is 1. The van der Waals surface area contributed by atoms with Crippen LogP contribution in [0.3, 0.4) is 0 Å². The van der Waals surface area contributed by atoms with Crippen LogP contribution in [-0.2, 0) is 4.79 Å². The van der Waals surface area contributed by atoms with Gasteiger partial charge in [-0.15, -0.1) is 0 Å². The lowest BCUT2D eigenvalue weighted by Gasteiger charge is -2.35. The molecule has 144 valence electrons. The number of carbonyl (C=O) groups is 1. The molecule has 0 spiro atoms.